The number of hydrogen-bond donors (Lipinski definition) is 2. The van der Waals surface area contributed by atoms with Gasteiger partial charge in [0.1, 0.15) is 5.75 Å². The van der Waals surface area contributed by atoms with Gasteiger partial charge in [-0.3, -0.25) is 0 Å². The van der Waals surface area contributed by atoms with Crippen molar-refractivity contribution in [2.45, 2.75) is 6.18 Å². The highest BCUT2D eigenvalue weighted by Gasteiger charge is 2.33. The molecule has 0 atom stereocenters. The van der Waals surface area contributed by atoms with Gasteiger partial charge < -0.3 is 15.4 Å². The van der Waals surface area contributed by atoms with Gasteiger partial charge in [-0.15, -0.1) is 0 Å². The fraction of sp³-hybridized carbons (Fsp3) is 0.118. The lowest BCUT2D eigenvalue weighted by molar-refractivity contribution is -0.136. The molecule has 0 aliphatic rings. The molecule has 0 saturated carbocycles. The topological polar surface area (TPSA) is 50.4 Å². The van der Waals surface area contributed by atoms with Gasteiger partial charge in [0, 0.05) is 11.8 Å². The van der Waals surface area contributed by atoms with Crippen LogP contribution in [-0.2, 0) is 6.18 Å². The fourth-order valence-corrected chi connectivity index (χ4v) is 2.01. The number of carbonyl (C=O) groups excluding carboxylic acids is 1. The molecule has 2 rings (SSSR count). The molecule has 0 heterocycles. The summed E-state index contributed by atoms with van der Waals surface area (Å²) < 4.78 is 43.7. The van der Waals surface area contributed by atoms with Crippen molar-refractivity contribution in [1.82, 2.24) is 5.32 Å². The molecule has 24 heavy (non-hydrogen) atoms. The van der Waals surface area contributed by atoms with E-state index in [0.29, 0.717) is 5.75 Å². The number of nitrogens with one attached hydrogen (secondary N) is 2. The number of benzene rings is 2. The van der Waals surface area contributed by atoms with Gasteiger partial charge >= 0.3 is 12.2 Å². The van der Waals surface area contributed by atoms with Gasteiger partial charge in [-0.2, -0.15) is 13.2 Å². The van der Waals surface area contributed by atoms with Crippen molar-refractivity contribution in [3.8, 4) is 5.75 Å². The Hall–Kier alpha value is -2.96. The first-order valence-corrected chi connectivity index (χ1v) is 6.95. The van der Waals surface area contributed by atoms with E-state index in [4.69, 9.17) is 4.74 Å². The van der Waals surface area contributed by atoms with E-state index in [1.165, 1.54) is 31.5 Å². The zero-order valence-corrected chi connectivity index (χ0v) is 12.7. The molecule has 2 aromatic rings. The Labute approximate surface area is 136 Å². The first-order chi connectivity index (χ1) is 11.4. The Morgan fingerprint density at radius 1 is 1.08 bits per heavy atom. The van der Waals surface area contributed by atoms with Crippen molar-refractivity contribution in [2.24, 2.45) is 0 Å². The van der Waals surface area contributed by atoms with Crippen molar-refractivity contribution in [3.63, 3.8) is 0 Å². The molecule has 0 aliphatic heterocycles. The van der Waals surface area contributed by atoms with Gasteiger partial charge in [0.25, 0.3) is 0 Å². The number of rotatable bonds is 4. The highest BCUT2D eigenvalue weighted by molar-refractivity contribution is 5.91. The molecule has 2 N–H and O–H groups in total. The molecule has 7 heteroatoms. The molecule has 2 aromatic carbocycles. The number of halogens is 3. The Bertz CT molecular complexity index is 743. The maximum atomic E-state index is 12.9. The minimum Gasteiger partial charge on any atom is -0.496 e. The molecule has 126 valence electrons. The average molecular weight is 336 g/mol. The van der Waals surface area contributed by atoms with Crippen LogP contribution in [0.1, 0.15) is 11.1 Å². The molecule has 2 amide bonds. The highest BCUT2D eigenvalue weighted by atomic mass is 19.4. The lowest BCUT2D eigenvalue weighted by atomic mass is 10.1. The number of alkyl halides is 3. The number of urea groups is 1. The maximum Gasteiger partial charge on any atom is 0.418 e. The Balaban J connectivity index is 2.03. The first-order valence-electron chi connectivity index (χ1n) is 6.95. The van der Waals surface area contributed by atoms with Crippen LogP contribution in [-0.4, -0.2) is 13.1 Å². The van der Waals surface area contributed by atoms with E-state index in [-0.39, 0.29) is 5.69 Å². The van der Waals surface area contributed by atoms with Crippen LogP contribution in [0.4, 0.5) is 23.7 Å². The summed E-state index contributed by atoms with van der Waals surface area (Å²) in [6, 6.07) is 11.1. The lowest BCUT2D eigenvalue weighted by Crippen LogP contribution is -2.25. The van der Waals surface area contributed by atoms with Crippen molar-refractivity contribution >= 4 is 17.8 Å². The third kappa shape index (κ3) is 4.52. The summed E-state index contributed by atoms with van der Waals surface area (Å²) >= 11 is 0. The molecule has 0 radical (unpaired) electrons. The third-order valence-corrected chi connectivity index (χ3v) is 3.10. The molecule has 0 spiro atoms. The number of anilines is 1. The van der Waals surface area contributed by atoms with Gasteiger partial charge in [0.15, 0.2) is 0 Å². The third-order valence-electron chi connectivity index (χ3n) is 3.10. The van der Waals surface area contributed by atoms with Gasteiger partial charge in [-0.1, -0.05) is 30.3 Å². The number of methoxy groups -OCH3 is 1. The molecule has 0 bridgehead atoms. The molecular weight excluding hydrogens is 321 g/mol. The standard InChI is InChI=1S/C17H15F3N2O2/c1-24-15-9-5-2-6-12(15)10-11-21-16(23)22-14-8-4-3-7-13(14)17(18,19)20/h2-11H,1H3,(H2,21,22,23)/b11-10+. The first kappa shape index (κ1) is 17.4. The summed E-state index contributed by atoms with van der Waals surface area (Å²) in [5, 5.41) is 4.54. The van der Waals surface area contributed by atoms with E-state index in [2.05, 4.69) is 10.6 Å². The lowest BCUT2D eigenvalue weighted by Gasteiger charge is -2.13. The molecule has 0 fully saturated rings. The number of hydrogen-bond acceptors (Lipinski definition) is 2. The largest absolute Gasteiger partial charge is 0.496 e. The van der Waals surface area contributed by atoms with Gasteiger partial charge in [0.2, 0.25) is 0 Å². The fourth-order valence-electron chi connectivity index (χ4n) is 2.01. The summed E-state index contributed by atoms with van der Waals surface area (Å²) in [4.78, 5) is 11.8. The van der Waals surface area contributed by atoms with Crippen molar-refractivity contribution in [3.05, 3.63) is 65.9 Å². The highest BCUT2D eigenvalue weighted by Crippen LogP contribution is 2.34. The van der Waals surface area contributed by atoms with Crippen molar-refractivity contribution in [1.29, 1.82) is 0 Å². The van der Waals surface area contributed by atoms with Gasteiger partial charge in [-0.25, -0.2) is 4.79 Å². The van der Waals surface area contributed by atoms with E-state index < -0.39 is 17.8 Å². The summed E-state index contributed by atoms with van der Waals surface area (Å²) in [5.41, 5.74) is -0.502. The minimum absolute atomic E-state index is 0.312. The van der Waals surface area contributed by atoms with Crippen LogP contribution >= 0.6 is 0 Å². The van der Waals surface area contributed by atoms with Crippen LogP contribution in [0.15, 0.2) is 54.7 Å². The van der Waals surface area contributed by atoms with Crippen LogP contribution in [0.2, 0.25) is 0 Å². The van der Waals surface area contributed by atoms with Crippen molar-refractivity contribution in [2.75, 3.05) is 12.4 Å². The number of para-hydroxylation sites is 2. The Kier molecular flexibility index (Phi) is 5.47. The van der Waals surface area contributed by atoms with E-state index in [9.17, 15) is 18.0 Å². The average Bonchev–Trinajstić information content (AvgIpc) is 2.55. The SMILES string of the molecule is COc1ccccc1/C=C/NC(=O)Nc1ccccc1C(F)(F)F. The second kappa shape index (κ2) is 7.54. The van der Waals surface area contributed by atoms with E-state index in [1.54, 1.807) is 30.3 Å². The monoisotopic (exact) mass is 336 g/mol. The van der Waals surface area contributed by atoms with Gasteiger partial charge in [0.05, 0.1) is 18.4 Å². The molecule has 0 saturated heterocycles. The Morgan fingerprint density at radius 3 is 2.46 bits per heavy atom. The summed E-state index contributed by atoms with van der Waals surface area (Å²) in [5.74, 6) is 0.610. The quantitative estimate of drug-likeness (QED) is 0.863. The molecule has 0 unspecified atom stereocenters. The summed E-state index contributed by atoms with van der Waals surface area (Å²) in [6.07, 6.45) is -1.64. The van der Waals surface area contributed by atoms with Crippen LogP contribution in [0.3, 0.4) is 0 Å². The zero-order valence-electron chi connectivity index (χ0n) is 12.7. The second-order valence-corrected chi connectivity index (χ2v) is 4.72. The van der Waals surface area contributed by atoms with Crippen molar-refractivity contribution < 1.29 is 22.7 Å². The predicted octanol–water partition coefficient (Wildman–Crippen LogP) is 4.51. The number of carbonyl (C=O) groups is 1. The smallest absolute Gasteiger partial charge is 0.418 e. The van der Waals surface area contributed by atoms with Crippen LogP contribution in [0.5, 0.6) is 5.75 Å². The maximum absolute atomic E-state index is 12.9. The van der Waals surface area contributed by atoms with E-state index in [0.717, 1.165) is 11.6 Å². The van der Waals surface area contributed by atoms with Crippen LogP contribution in [0.25, 0.3) is 6.08 Å². The minimum atomic E-state index is -4.54. The van der Waals surface area contributed by atoms with Crippen LogP contribution in [0, 0.1) is 0 Å². The molecule has 0 aromatic heterocycles. The summed E-state index contributed by atoms with van der Waals surface area (Å²) in [7, 11) is 1.51. The van der Waals surface area contributed by atoms with Gasteiger partial charge in [-0.05, 0) is 24.3 Å². The second-order valence-electron chi connectivity index (χ2n) is 4.72. The normalized spacial score (nSPS) is 11.3. The van der Waals surface area contributed by atoms with E-state index >= 15 is 0 Å². The number of amides is 2. The number of ether oxygens (including phenoxy) is 1. The molecule has 4 nitrogen and oxygen atoms in total. The summed E-state index contributed by atoms with van der Waals surface area (Å²) in [6.45, 7) is 0. The van der Waals surface area contributed by atoms with E-state index in [1.807, 2.05) is 0 Å². The predicted molar refractivity (Wildman–Crippen MR) is 85.6 cm³/mol. The van der Waals surface area contributed by atoms with Crippen LogP contribution < -0.4 is 15.4 Å². The Morgan fingerprint density at radius 2 is 1.75 bits per heavy atom. The molecular formula is C17H15F3N2O2. The molecule has 0 aliphatic carbocycles. The zero-order chi connectivity index (χ0) is 17.6.